The molecule has 16 heavy (non-hydrogen) atoms. The normalized spacial score (nSPS) is 25.4. The van der Waals surface area contributed by atoms with Gasteiger partial charge in [-0.3, -0.25) is 0 Å². The first-order valence-corrected chi connectivity index (χ1v) is 6.60. The summed E-state index contributed by atoms with van der Waals surface area (Å²) in [5.74, 6) is 1.12. The lowest BCUT2D eigenvalue weighted by atomic mass is 9.79. The number of rotatable bonds is 1. The molecule has 2 rings (SSSR count). The van der Waals surface area contributed by atoms with Gasteiger partial charge in [0.05, 0.1) is 0 Å². The fourth-order valence-corrected chi connectivity index (χ4v) is 2.73. The molecular formula is C14H23NO. The number of nitrogens with one attached hydrogen (secondary N) is 1. The Labute approximate surface area is 98.8 Å². The maximum atomic E-state index is 5.68. The highest BCUT2D eigenvalue weighted by atomic mass is 16.5. The second kappa shape index (κ2) is 5.42. The van der Waals surface area contributed by atoms with Crippen LogP contribution in [0.5, 0.6) is 0 Å². The molecule has 0 radical (unpaired) electrons. The Hall–Kier alpha value is -0.920. The summed E-state index contributed by atoms with van der Waals surface area (Å²) >= 11 is 0. The lowest BCUT2D eigenvalue weighted by molar-refractivity contribution is 0.178. The first-order chi connectivity index (χ1) is 7.81. The van der Waals surface area contributed by atoms with E-state index in [1.807, 2.05) is 12.4 Å². The van der Waals surface area contributed by atoms with Gasteiger partial charge in [0.2, 0.25) is 0 Å². The molecule has 2 nitrogen and oxygen atoms in total. The minimum atomic E-state index is 0.238. The molecule has 0 unspecified atom stereocenters. The minimum Gasteiger partial charge on any atom is -0.466 e. The van der Waals surface area contributed by atoms with E-state index in [9.17, 15) is 0 Å². The SMILES string of the molecule is CC1(C2=CNC=CO2)CCCCCCCC1. The second-order valence-corrected chi connectivity index (χ2v) is 5.28. The van der Waals surface area contributed by atoms with Crippen molar-refractivity contribution in [2.75, 3.05) is 0 Å². The minimum absolute atomic E-state index is 0.238. The molecule has 1 aliphatic carbocycles. The van der Waals surface area contributed by atoms with E-state index in [4.69, 9.17) is 4.74 Å². The predicted octanol–water partition coefficient (Wildman–Crippen LogP) is 4.06. The maximum Gasteiger partial charge on any atom is 0.125 e. The van der Waals surface area contributed by atoms with Crippen molar-refractivity contribution < 1.29 is 4.74 Å². The van der Waals surface area contributed by atoms with Crippen molar-refractivity contribution in [3.63, 3.8) is 0 Å². The molecule has 1 fully saturated rings. The van der Waals surface area contributed by atoms with E-state index < -0.39 is 0 Å². The highest BCUT2D eigenvalue weighted by Gasteiger charge is 2.30. The topological polar surface area (TPSA) is 21.3 Å². The molecule has 1 N–H and O–H groups in total. The van der Waals surface area contributed by atoms with E-state index in [1.54, 1.807) is 6.26 Å². The summed E-state index contributed by atoms with van der Waals surface area (Å²) in [5.41, 5.74) is 0.238. The molecule has 2 aliphatic rings. The van der Waals surface area contributed by atoms with Gasteiger partial charge in [-0.05, 0) is 12.8 Å². The molecule has 0 bridgehead atoms. The standard InChI is InChI=1S/C14H23NO/c1-14(13-12-15-10-11-16-13)8-6-4-2-3-5-7-9-14/h10-12,15H,2-9H2,1H3. The molecule has 0 saturated heterocycles. The molecule has 0 aromatic carbocycles. The largest absolute Gasteiger partial charge is 0.466 e. The molecule has 90 valence electrons. The van der Waals surface area contributed by atoms with E-state index in [0.29, 0.717) is 0 Å². The number of hydrogen-bond donors (Lipinski definition) is 1. The second-order valence-electron chi connectivity index (χ2n) is 5.28. The van der Waals surface area contributed by atoms with Gasteiger partial charge in [0, 0.05) is 17.8 Å². The van der Waals surface area contributed by atoms with Gasteiger partial charge in [-0.15, -0.1) is 0 Å². The quantitative estimate of drug-likeness (QED) is 0.721. The number of ether oxygens (including phenoxy) is 1. The van der Waals surface area contributed by atoms with Crippen LogP contribution >= 0.6 is 0 Å². The van der Waals surface area contributed by atoms with Crippen LogP contribution in [0.25, 0.3) is 0 Å². The van der Waals surface area contributed by atoms with E-state index in [1.165, 1.54) is 51.4 Å². The Bertz CT molecular complexity index is 270. The summed E-state index contributed by atoms with van der Waals surface area (Å²) in [6.07, 6.45) is 16.4. The van der Waals surface area contributed by atoms with Crippen LogP contribution in [-0.2, 0) is 4.74 Å². The van der Waals surface area contributed by atoms with Crippen LogP contribution in [0.2, 0.25) is 0 Å². The Balaban J connectivity index is 2.03. The van der Waals surface area contributed by atoms with Gasteiger partial charge in [0.25, 0.3) is 0 Å². The first-order valence-electron chi connectivity index (χ1n) is 6.60. The van der Waals surface area contributed by atoms with E-state index in [0.717, 1.165) is 5.76 Å². The summed E-state index contributed by atoms with van der Waals surface area (Å²) in [6.45, 7) is 2.35. The zero-order valence-corrected chi connectivity index (χ0v) is 10.3. The lowest BCUT2D eigenvalue weighted by Gasteiger charge is -2.32. The third-order valence-corrected chi connectivity index (χ3v) is 3.88. The summed E-state index contributed by atoms with van der Waals surface area (Å²) < 4.78 is 5.68. The third kappa shape index (κ3) is 2.81. The van der Waals surface area contributed by atoms with Crippen LogP contribution in [0, 0.1) is 5.41 Å². The van der Waals surface area contributed by atoms with Gasteiger partial charge in [0.15, 0.2) is 0 Å². The van der Waals surface area contributed by atoms with Gasteiger partial charge >= 0.3 is 0 Å². The zero-order valence-electron chi connectivity index (χ0n) is 10.3. The molecule has 0 amide bonds. The molecule has 0 aromatic rings. The van der Waals surface area contributed by atoms with Crippen molar-refractivity contribution in [2.24, 2.45) is 5.41 Å². The van der Waals surface area contributed by atoms with Crippen LogP contribution in [0.15, 0.2) is 24.4 Å². The predicted molar refractivity (Wildman–Crippen MR) is 66.5 cm³/mol. The molecule has 1 aliphatic heterocycles. The third-order valence-electron chi connectivity index (χ3n) is 3.88. The summed E-state index contributed by atoms with van der Waals surface area (Å²) in [4.78, 5) is 0. The van der Waals surface area contributed by atoms with Gasteiger partial charge in [-0.25, -0.2) is 0 Å². The lowest BCUT2D eigenvalue weighted by Crippen LogP contribution is -2.23. The average molecular weight is 221 g/mol. The molecule has 0 spiro atoms. The van der Waals surface area contributed by atoms with Gasteiger partial charge in [0.1, 0.15) is 12.0 Å². The van der Waals surface area contributed by atoms with Crippen LogP contribution in [-0.4, -0.2) is 0 Å². The van der Waals surface area contributed by atoms with Gasteiger partial charge in [-0.2, -0.15) is 0 Å². The fraction of sp³-hybridized carbons (Fsp3) is 0.714. The maximum absolute atomic E-state index is 5.68. The van der Waals surface area contributed by atoms with Crippen LogP contribution < -0.4 is 5.32 Å². The van der Waals surface area contributed by atoms with Crippen LogP contribution in [0.1, 0.15) is 58.3 Å². The Morgan fingerprint density at radius 1 is 1.06 bits per heavy atom. The summed E-state index contributed by atoms with van der Waals surface area (Å²) in [6, 6.07) is 0. The summed E-state index contributed by atoms with van der Waals surface area (Å²) in [7, 11) is 0. The van der Waals surface area contributed by atoms with Crippen molar-refractivity contribution in [2.45, 2.75) is 58.3 Å². The molecular weight excluding hydrogens is 198 g/mol. The van der Waals surface area contributed by atoms with Crippen molar-refractivity contribution in [1.29, 1.82) is 0 Å². The molecule has 0 aromatic heterocycles. The van der Waals surface area contributed by atoms with Crippen molar-refractivity contribution in [3.05, 3.63) is 24.4 Å². The monoisotopic (exact) mass is 221 g/mol. The van der Waals surface area contributed by atoms with Crippen molar-refractivity contribution in [3.8, 4) is 0 Å². The number of allylic oxidation sites excluding steroid dienone is 1. The molecule has 0 atom stereocenters. The fourth-order valence-electron chi connectivity index (χ4n) is 2.73. The Morgan fingerprint density at radius 3 is 2.25 bits per heavy atom. The van der Waals surface area contributed by atoms with Crippen LogP contribution in [0.3, 0.4) is 0 Å². The first kappa shape index (κ1) is 11.6. The van der Waals surface area contributed by atoms with Crippen molar-refractivity contribution in [1.82, 2.24) is 5.32 Å². The highest BCUT2D eigenvalue weighted by molar-refractivity contribution is 5.11. The van der Waals surface area contributed by atoms with E-state index in [2.05, 4.69) is 12.2 Å². The molecule has 1 heterocycles. The highest BCUT2D eigenvalue weighted by Crippen LogP contribution is 2.40. The molecule has 1 saturated carbocycles. The molecule has 2 heteroatoms. The smallest absolute Gasteiger partial charge is 0.125 e. The number of hydrogen-bond acceptors (Lipinski definition) is 2. The zero-order chi connectivity index (χ0) is 11.3. The van der Waals surface area contributed by atoms with Crippen molar-refractivity contribution >= 4 is 0 Å². The van der Waals surface area contributed by atoms with Crippen LogP contribution in [0.4, 0.5) is 0 Å². The van der Waals surface area contributed by atoms with Gasteiger partial charge in [-0.1, -0.05) is 45.4 Å². The van der Waals surface area contributed by atoms with E-state index in [-0.39, 0.29) is 5.41 Å². The Kier molecular flexibility index (Phi) is 3.92. The average Bonchev–Trinajstić information content (AvgIpc) is 2.43. The van der Waals surface area contributed by atoms with E-state index >= 15 is 0 Å². The van der Waals surface area contributed by atoms with Gasteiger partial charge < -0.3 is 10.1 Å². The summed E-state index contributed by atoms with van der Waals surface area (Å²) in [5, 5.41) is 3.14. The Morgan fingerprint density at radius 2 is 1.69 bits per heavy atom.